The molecule has 0 aromatic heterocycles. The van der Waals surface area contributed by atoms with Gasteiger partial charge >= 0.3 is 5.51 Å². The van der Waals surface area contributed by atoms with Crippen LogP contribution in [0.5, 0.6) is 0 Å². The highest BCUT2D eigenvalue weighted by molar-refractivity contribution is 8.00. The summed E-state index contributed by atoms with van der Waals surface area (Å²) in [4.78, 5) is 2.37. The molecule has 1 heterocycles. The summed E-state index contributed by atoms with van der Waals surface area (Å²) in [5.74, 6) is 0. The molecule has 22 heavy (non-hydrogen) atoms. The number of aliphatic hydroxyl groups excluding tert-OH is 1. The fraction of sp³-hybridized carbons (Fsp3) is 0.571. The zero-order chi connectivity index (χ0) is 15.3. The lowest BCUT2D eigenvalue weighted by atomic mass is 10.0. The molecule has 1 fully saturated rings. The highest BCUT2D eigenvalue weighted by atomic mass is 35.5. The Morgan fingerprint density at radius 3 is 2.45 bits per heavy atom. The number of thioether (sulfide) groups is 1. The summed E-state index contributed by atoms with van der Waals surface area (Å²) in [5.41, 5.74) is -3.65. The number of halogens is 4. The van der Waals surface area contributed by atoms with E-state index in [4.69, 9.17) is 0 Å². The second-order valence-electron chi connectivity index (χ2n) is 4.90. The summed E-state index contributed by atoms with van der Waals surface area (Å²) in [7, 11) is 0. The number of piperazine rings is 1. The van der Waals surface area contributed by atoms with Crippen LogP contribution in [0.3, 0.4) is 0 Å². The van der Waals surface area contributed by atoms with E-state index in [0.29, 0.717) is 12.0 Å². The Kier molecular flexibility index (Phi) is 7.99. The first-order chi connectivity index (χ1) is 10.0. The first-order valence-corrected chi connectivity index (χ1v) is 7.73. The Balaban J connectivity index is 0.00000242. The number of hydrogen-bond acceptors (Lipinski definition) is 4. The van der Waals surface area contributed by atoms with Gasteiger partial charge in [-0.1, -0.05) is 18.2 Å². The van der Waals surface area contributed by atoms with E-state index in [1.165, 1.54) is 6.07 Å². The fourth-order valence-electron chi connectivity index (χ4n) is 2.62. The molecule has 0 unspecified atom stereocenters. The quantitative estimate of drug-likeness (QED) is 0.795. The molecule has 1 aromatic carbocycles. The molecule has 1 saturated heterocycles. The Morgan fingerprint density at radius 1 is 1.23 bits per heavy atom. The van der Waals surface area contributed by atoms with Gasteiger partial charge in [0.25, 0.3) is 0 Å². The number of nitrogens with zero attached hydrogens (tertiary/aromatic N) is 1. The van der Waals surface area contributed by atoms with Crippen molar-refractivity contribution in [1.29, 1.82) is 0 Å². The highest BCUT2D eigenvalue weighted by Crippen LogP contribution is 2.41. The zero-order valence-corrected chi connectivity index (χ0v) is 13.6. The van der Waals surface area contributed by atoms with Gasteiger partial charge in [0.2, 0.25) is 0 Å². The van der Waals surface area contributed by atoms with Crippen molar-refractivity contribution in [3.8, 4) is 0 Å². The molecule has 1 atom stereocenters. The van der Waals surface area contributed by atoms with E-state index >= 15 is 0 Å². The van der Waals surface area contributed by atoms with Crippen molar-refractivity contribution in [3.05, 3.63) is 29.8 Å². The van der Waals surface area contributed by atoms with E-state index in [1.54, 1.807) is 18.2 Å². The summed E-state index contributed by atoms with van der Waals surface area (Å²) in [6, 6.07) is 6.42. The minimum Gasteiger partial charge on any atom is -0.396 e. The minimum atomic E-state index is -4.30. The van der Waals surface area contributed by atoms with Crippen molar-refractivity contribution in [2.45, 2.75) is 22.9 Å². The minimum absolute atomic E-state index is 0. The standard InChI is InChI=1S/C14H19F3N2OS.ClH/c15-14(16,17)21-13-4-2-1-3-11(13)12(5-10-20)19-8-6-18-7-9-19;/h1-4,12,18,20H,5-10H2;1H/t12-;/m0./s1. The van der Waals surface area contributed by atoms with E-state index in [2.05, 4.69) is 10.2 Å². The molecule has 0 spiro atoms. The largest absolute Gasteiger partial charge is 0.446 e. The number of nitrogens with one attached hydrogen (secondary N) is 1. The van der Waals surface area contributed by atoms with Crippen LogP contribution in [0.25, 0.3) is 0 Å². The molecule has 0 bridgehead atoms. The average Bonchev–Trinajstić information content (AvgIpc) is 2.45. The molecule has 2 rings (SSSR count). The second kappa shape index (κ2) is 8.98. The molecule has 0 amide bonds. The smallest absolute Gasteiger partial charge is 0.396 e. The zero-order valence-electron chi connectivity index (χ0n) is 12.0. The second-order valence-corrected chi connectivity index (χ2v) is 6.01. The predicted molar refractivity (Wildman–Crippen MR) is 84.5 cm³/mol. The molecule has 8 heteroatoms. The first kappa shape index (κ1) is 19.6. The van der Waals surface area contributed by atoms with E-state index in [1.807, 2.05) is 0 Å². The van der Waals surface area contributed by atoms with Gasteiger partial charge in [0.1, 0.15) is 0 Å². The summed E-state index contributed by atoms with van der Waals surface area (Å²) in [6.07, 6.45) is 0.440. The van der Waals surface area contributed by atoms with Gasteiger partial charge in [0.15, 0.2) is 0 Å². The third-order valence-corrected chi connectivity index (χ3v) is 4.32. The van der Waals surface area contributed by atoms with Crippen LogP contribution in [0.15, 0.2) is 29.2 Å². The topological polar surface area (TPSA) is 35.5 Å². The van der Waals surface area contributed by atoms with E-state index in [9.17, 15) is 18.3 Å². The Morgan fingerprint density at radius 2 is 1.86 bits per heavy atom. The molecule has 1 aliphatic rings. The lowest BCUT2D eigenvalue weighted by Crippen LogP contribution is -2.45. The summed E-state index contributed by atoms with van der Waals surface area (Å²) in [6.45, 7) is 3.14. The van der Waals surface area contributed by atoms with Crippen molar-refractivity contribution in [3.63, 3.8) is 0 Å². The van der Waals surface area contributed by atoms with Crippen molar-refractivity contribution >= 4 is 24.2 Å². The van der Waals surface area contributed by atoms with Crippen LogP contribution in [0, 0.1) is 0 Å². The maximum Gasteiger partial charge on any atom is 0.446 e. The number of hydrogen-bond donors (Lipinski definition) is 2. The van der Waals surface area contributed by atoms with Crippen LogP contribution >= 0.6 is 24.2 Å². The van der Waals surface area contributed by atoms with Crippen molar-refractivity contribution in [1.82, 2.24) is 10.2 Å². The number of aliphatic hydroxyl groups is 1. The molecule has 0 saturated carbocycles. The van der Waals surface area contributed by atoms with Crippen LogP contribution < -0.4 is 5.32 Å². The Hall–Kier alpha value is -0.470. The lowest BCUT2D eigenvalue weighted by molar-refractivity contribution is -0.0328. The predicted octanol–water partition coefficient (Wildman–Crippen LogP) is 3.05. The van der Waals surface area contributed by atoms with Crippen molar-refractivity contribution in [2.75, 3.05) is 32.8 Å². The monoisotopic (exact) mass is 356 g/mol. The fourth-order valence-corrected chi connectivity index (χ4v) is 3.34. The molecule has 1 aliphatic heterocycles. The van der Waals surface area contributed by atoms with Crippen molar-refractivity contribution in [2.24, 2.45) is 0 Å². The first-order valence-electron chi connectivity index (χ1n) is 6.91. The van der Waals surface area contributed by atoms with Gasteiger partial charge in [-0.15, -0.1) is 12.4 Å². The molecular formula is C14H20ClF3N2OS. The van der Waals surface area contributed by atoms with Gasteiger partial charge in [0.05, 0.1) is 0 Å². The highest BCUT2D eigenvalue weighted by Gasteiger charge is 2.32. The van der Waals surface area contributed by atoms with Crippen LogP contribution in [-0.2, 0) is 0 Å². The molecule has 126 valence electrons. The number of alkyl halides is 3. The molecule has 3 nitrogen and oxygen atoms in total. The van der Waals surface area contributed by atoms with Crippen LogP contribution in [0.1, 0.15) is 18.0 Å². The maximum absolute atomic E-state index is 12.7. The molecule has 0 radical (unpaired) electrons. The third-order valence-electron chi connectivity index (χ3n) is 3.50. The summed E-state index contributed by atoms with van der Waals surface area (Å²) >= 11 is -0.0784. The van der Waals surface area contributed by atoms with Crippen LogP contribution in [0.4, 0.5) is 13.2 Å². The van der Waals surface area contributed by atoms with Gasteiger partial charge < -0.3 is 10.4 Å². The van der Waals surface area contributed by atoms with E-state index in [-0.39, 0.29) is 41.7 Å². The van der Waals surface area contributed by atoms with Gasteiger partial charge in [0, 0.05) is 43.7 Å². The molecular weight excluding hydrogens is 337 g/mol. The van der Waals surface area contributed by atoms with E-state index < -0.39 is 5.51 Å². The number of benzene rings is 1. The van der Waals surface area contributed by atoms with Gasteiger partial charge in [-0.3, -0.25) is 4.90 Å². The summed E-state index contributed by atoms with van der Waals surface area (Å²) in [5, 5.41) is 12.5. The van der Waals surface area contributed by atoms with E-state index in [0.717, 1.165) is 26.2 Å². The van der Waals surface area contributed by atoms with Gasteiger partial charge in [-0.2, -0.15) is 13.2 Å². The average molecular weight is 357 g/mol. The summed E-state index contributed by atoms with van der Waals surface area (Å²) < 4.78 is 38.1. The lowest BCUT2D eigenvalue weighted by Gasteiger charge is -2.35. The molecule has 1 aromatic rings. The van der Waals surface area contributed by atoms with Gasteiger partial charge in [-0.25, -0.2) is 0 Å². The van der Waals surface area contributed by atoms with Gasteiger partial charge in [-0.05, 0) is 29.8 Å². The Bertz CT molecular complexity index is 456. The van der Waals surface area contributed by atoms with Crippen LogP contribution in [0.2, 0.25) is 0 Å². The normalized spacial score (nSPS) is 17.8. The number of rotatable bonds is 5. The maximum atomic E-state index is 12.7. The van der Waals surface area contributed by atoms with Crippen LogP contribution in [-0.4, -0.2) is 48.3 Å². The molecule has 2 N–H and O–H groups in total. The SMILES string of the molecule is Cl.OCC[C@@H](c1ccccc1SC(F)(F)F)N1CCNCC1. The molecule has 0 aliphatic carbocycles. The van der Waals surface area contributed by atoms with Crippen molar-refractivity contribution < 1.29 is 18.3 Å². The third kappa shape index (κ3) is 5.62. The Labute approximate surface area is 138 Å².